The van der Waals surface area contributed by atoms with E-state index in [-0.39, 0.29) is 30.3 Å². The third-order valence-electron chi connectivity index (χ3n) is 3.11. The monoisotopic (exact) mass is 330 g/mol. The molecule has 1 N–H and O–H groups in total. The lowest BCUT2D eigenvalue weighted by Gasteiger charge is -2.09. The minimum atomic E-state index is -0.536. The summed E-state index contributed by atoms with van der Waals surface area (Å²) in [6.45, 7) is 3.09. The Hall–Kier alpha value is -3.09. The molecule has 7 nitrogen and oxygen atoms in total. The molecular formula is C17H18N2O5. The summed E-state index contributed by atoms with van der Waals surface area (Å²) in [7, 11) is 0. The van der Waals surface area contributed by atoms with Crippen LogP contribution in [0.5, 0.6) is 11.5 Å². The molecule has 0 saturated heterocycles. The molecule has 0 aliphatic rings. The van der Waals surface area contributed by atoms with E-state index in [2.05, 4.69) is 5.32 Å². The van der Waals surface area contributed by atoms with Gasteiger partial charge in [0.2, 0.25) is 0 Å². The molecule has 0 spiro atoms. The van der Waals surface area contributed by atoms with Crippen LogP contribution in [0.1, 0.15) is 17.3 Å². The van der Waals surface area contributed by atoms with Crippen LogP contribution in [0, 0.1) is 10.1 Å². The highest BCUT2D eigenvalue weighted by Crippen LogP contribution is 2.17. The standard InChI is InChI=1S/C17H18N2O5/c1-2-23-15-6-8-16(9-7-15)24-11-10-18-17(20)13-4-3-5-14(12-13)19(21)22/h3-9,12H,2,10-11H2,1H3,(H,18,20). The molecule has 2 rings (SSSR count). The third kappa shape index (κ3) is 4.98. The molecular weight excluding hydrogens is 312 g/mol. The van der Waals surface area contributed by atoms with Crippen molar-refractivity contribution in [2.24, 2.45) is 0 Å². The van der Waals surface area contributed by atoms with Gasteiger partial charge >= 0.3 is 0 Å². The fraction of sp³-hybridized carbons (Fsp3) is 0.235. The highest BCUT2D eigenvalue weighted by Gasteiger charge is 2.10. The van der Waals surface area contributed by atoms with Crippen LogP contribution in [0.3, 0.4) is 0 Å². The van der Waals surface area contributed by atoms with Gasteiger partial charge in [-0.15, -0.1) is 0 Å². The summed E-state index contributed by atoms with van der Waals surface area (Å²) in [6.07, 6.45) is 0. The summed E-state index contributed by atoms with van der Waals surface area (Å²) in [6, 6.07) is 12.8. The predicted molar refractivity (Wildman–Crippen MR) is 88.5 cm³/mol. The number of carbonyl (C=O) groups is 1. The quantitative estimate of drug-likeness (QED) is 0.456. The molecule has 0 aromatic heterocycles. The van der Waals surface area contributed by atoms with Gasteiger partial charge in [-0.25, -0.2) is 0 Å². The van der Waals surface area contributed by atoms with Crippen LogP contribution in [-0.4, -0.2) is 30.6 Å². The lowest BCUT2D eigenvalue weighted by atomic mass is 10.2. The van der Waals surface area contributed by atoms with Gasteiger partial charge in [-0.1, -0.05) is 6.07 Å². The Bertz CT molecular complexity index is 700. The van der Waals surface area contributed by atoms with Crippen molar-refractivity contribution in [2.45, 2.75) is 6.92 Å². The fourth-order valence-electron chi connectivity index (χ4n) is 1.99. The number of nitrogens with zero attached hydrogens (tertiary/aromatic N) is 1. The molecule has 126 valence electrons. The second-order valence-electron chi connectivity index (χ2n) is 4.82. The van der Waals surface area contributed by atoms with E-state index in [0.29, 0.717) is 12.4 Å². The van der Waals surface area contributed by atoms with E-state index in [1.54, 1.807) is 24.3 Å². The minimum Gasteiger partial charge on any atom is -0.494 e. The van der Waals surface area contributed by atoms with Gasteiger partial charge < -0.3 is 14.8 Å². The predicted octanol–water partition coefficient (Wildman–Crippen LogP) is 2.80. The second kappa shape index (κ2) is 8.52. The number of ether oxygens (including phenoxy) is 2. The smallest absolute Gasteiger partial charge is 0.270 e. The van der Waals surface area contributed by atoms with E-state index in [4.69, 9.17) is 9.47 Å². The van der Waals surface area contributed by atoms with Crippen LogP contribution in [0.2, 0.25) is 0 Å². The first-order valence-corrected chi connectivity index (χ1v) is 7.48. The number of benzene rings is 2. The van der Waals surface area contributed by atoms with Crippen LogP contribution in [0.4, 0.5) is 5.69 Å². The van der Waals surface area contributed by atoms with Crippen LogP contribution in [0.15, 0.2) is 48.5 Å². The largest absolute Gasteiger partial charge is 0.494 e. The molecule has 1 amide bonds. The topological polar surface area (TPSA) is 90.7 Å². The molecule has 2 aromatic carbocycles. The number of amides is 1. The summed E-state index contributed by atoms with van der Waals surface area (Å²) in [5.41, 5.74) is 0.124. The first-order chi connectivity index (χ1) is 11.6. The SMILES string of the molecule is CCOc1ccc(OCCNC(=O)c2cccc([N+](=O)[O-])c2)cc1. The number of non-ortho nitro benzene ring substituents is 1. The molecule has 0 aliphatic heterocycles. The highest BCUT2D eigenvalue weighted by atomic mass is 16.6. The third-order valence-corrected chi connectivity index (χ3v) is 3.11. The van der Waals surface area contributed by atoms with Crippen molar-refractivity contribution in [3.05, 3.63) is 64.2 Å². The number of rotatable bonds is 8. The number of carbonyl (C=O) groups excluding carboxylic acids is 1. The van der Waals surface area contributed by atoms with Gasteiger partial charge in [0.25, 0.3) is 11.6 Å². The first kappa shape index (κ1) is 17.3. The molecule has 0 fully saturated rings. The van der Waals surface area contributed by atoms with Crippen molar-refractivity contribution in [2.75, 3.05) is 19.8 Å². The van der Waals surface area contributed by atoms with Crippen molar-refractivity contribution in [3.63, 3.8) is 0 Å². The number of hydrogen-bond acceptors (Lipinski definition) is 5. The molecule has 0 radical (unpaired) electrons. The van der Waals surface area contributed by atoms with Crippen LogP contribution in [-0.2, 0) is 0 Å². The Balaban J connectivity index is 1.78. The van der Waals surface area contributed by atoms with Crippen LogP contribution in [0.25, 0.3) is 0 Å². The number of nitro groups is 1. The van der Waals surface area contributed by atoms with E-state index >= 15 is 0 Å². The molecule has 24 heavy (non-hydrogen) atoms. The zero-order valence-corrected chi connectivity index (χ0v) is 13.2. The Labute approximate surface area is 139 Å². The first-order valence-electron chi connectivity index (χ1n) is 7.48. The Kier molecular flexibility index (Phi) is 6.13. The number of nitrogens with one attached hydrogen (secondary N) is 1. The summed E-state index contributed by atoms with van der Waals surface area (Å²) >= 11 is 0. The Morgan fingerprint density at radius 3 is 2.42 bits per heavy atom. The zero-order valence-electron chi connectivity index (χ0n) is 13.2. The molecule has 0 aliphatic carbocycles. The van der Waals surface area contributed by atoms with Gasteiger partial charge in [-0.2, -0.15) is 0 Å². The maximum absolute atomic E-state index is 11.9. The van der Waals surface area contributed by atoms with Gasteiger partial charge in [0.05, 0.1) is 18.1 Å². The average molecular weight is 330 g/mol. The lowest BCUT2D eigenvalue weighted by Crippen LogP contribution is -2.28. The summed E-state index contributed by atoms with van der Waals surface area (Å²) < 4.78 is 10.8. The number of hydrogen-bond donors (Lipinski definition) is 1. The van der Waals surface area contributed by atoms with E-state index in [9.17, 15) is 14.9 Å². The molecule has 7 heteroatoms. The van der Waals surface area contributed by atoms with Gasteiger partial charge in [0.15, 0.2) is 0 Å². The normalized spacial score (nSPS) is 10.0. The maximum Gasteiger partial charge on any atom is 0.270 e. The van der Waals surface area contributed by atoms with Gasteiger partial charge in [-0.3, -0.25) is 14.9 Å². The second-order valence-corrected chi connectivity index (χ2v) is 4.82. The molecule has 0 atom stereocenters. The number of nitro benzene ring substituents is 1. The van der Waals surface area contributed by atoms with Crippen molar-refractivity contribution >= 4 is 11.6 Å². The highest BCUT2D eigenvalue weighted by molar-refractivity contribution is 5.94. The van der Waals surface area contributed by atoms with Crippen LogP contribution >= 0.6 is 0 Å². The molecule has 0 heterocycles. The van der Waals surface area contributed by atoms with Gasteiger partial charge in [0, 0.05) is 17.7 Å². The van der Waals surface area contributed by atoms with Crippen molar-refractivity contribution in [1.82, 2.24) is 5.32 Å². The van der Waals surface area contributed by atoms with E-state index in [1.165, 1.54) is 24.3 Å². The van der Waals surface area contributed by atoms with Gasteiger partial charge in [0.1, 0.15) is 18.1 Å². The Morgan fingerprint density at radius 2 is 1.79 bits per heavy atom. The Morgan fingerprint density at radius 1 is 1.12 bits per heavy atom. The average Bonchev–Trinajstić information content (AvgIpc) is 2.60. The molecule has 2 aromatic rings. The maximum atomic E-state index is 11.9. The fourth-order valence-corrected chi connectivity index (χ4v) is 1.99. The summed E-state index contributed by atoms with van der Waals surface area (Å²) in [5, 5.41) is 13.4. The lowest BCUT2D eigenvalue weighted by molar-refractivity contribution is -0.384. The summed E-state index contributed by atoms with van der Waals surface area (Å²) in [4.78, 5) is 22.1. The molecule has 0 saturated carbocycles. The van der Waals surface area contributed by atoms with E-state index < -0.39 is 4.92 Å². The molecule has 0 bridgehead atoms. The summed E-state index contributed by atoms with van der Waals surface area (Å²) in [5.74, 6) is 1.06. The minimum absolute atomic E-state index is 0.117. The van der Waals surface area contributed by atoms with E-state index in [0.717, 1.165) is 5.75 Å². The van der Waals surface area contributed by atoms with Crippen molar-refractivity contribution < 1.29 is 19.2 Å². The van der Waals surface area contributed by atoms with Crippen molar-refractivity contribution in [1.29, 1.82) is 0 Å². The van der Waals surface area contributed by atoms with E-state index in [1.807, 2.05) is 6.92 Å². The zero-order chi connectivity index (χ0) is 17.4. The molecule has 0 unspecified atom stereocenters. The van der Waals surface area contributed by atoms with Gasteiger partial charge in [-0.05, 0) is 37.3 Å². The van der Waals surface area contributed by atoms with Crippen molar-refractivity contribution in [3.8, 4) is 11.5 Å². The van der Waals surface area contributed by atoms with Crippen LogP contribution < -0.4 is 14.8 Å².